The lowest BCUT2D eigenvalue weighted by atomic mass is 10.2. The van der Waals surface area contributed by atoms with Crippen molar-refractivity contribution < 1.29 is 4.79 Å². The fraction of sp³-hybridized carbons (Fsp3) is 0.278. The summed E-state index contributed by atoms with van der Waals surface area (Å²) >= 11 is 0. The van der Waals surface area contributed by atoms with E-state index in [1.807, 2.05) is 29.2 Å². The number of amides is 1. The highest BCUT2D eigenvalue weighted by atomic mass is 16.2. The molecule has 2 heterocycles. The van der Waals surface area contributed by atoms with Gasteiger partial charge in [-0.3, -0.25) is 9.69 Å². The smallest absolute Gasteiger partial charge is 0.255 e. The Labute approximate surface area is 135 Å². The molecule has 3 rings (SSSR count). The number of carbonyl (C=O) groups is 1. The number of rotatable bonds is 3. The Morgan fingerprint density at radius 2 is 1.83 bits per heavy atom. The molecule has 0 bridgehead atoms. The van der Waals surface area contributed by atoms with Gasteiger partial charge in [0.25, 0.3) is 5.91 Å². The number of benzene rings is 1. The van der Waals surface area contributed by atoms with Crippen LogP contribution in [0.4, 0.5) is 0 Å². The maximum absolute atomic E-state index is 12.4. The normalized spacial score (nSPS) is 15.2. The predicted octanol–water partition coefficient (Wildman–Crippen LogP) is 1.91. The number of hydrogen-bond acceptors (Lipinski definition) is 4. The summed E-state index contributed by atoms with van der Waals surface area (Å²) in [7, 11) is 0. The first kappa shape index (κ1) is 15.2. The predicted molar refractivity (Wildman–Crippen MR) is 86.6 cm³/mol. The van der Waals surface area contributed by atoms with Crippen LogP contribution in [0.25, 0.3) is 0 Å². The monoisotopic (exact) mass is 306 g/mol. The van der Waals surface area contributed by atoms with Crippen LogP contribution in [0.2, 0.25) is 0 Å². The molecule has 0 radical (unpaired) electrons. The van der Waals surface area contributed by atoms with Gasteiger partial charge in [-0.25, -0.2) is 4.98 Å². The van der Waals surface area contributed by atoms with Crippen molar-refractivity contribution in [2.75, 3.05) is 26.2 Å². The third-order valence-corrected chi connectivity index (χ3v) is 4.03. The van der Waals surface area contributed by atoms with Crippen LogP contribution in [-0.4, -0.2) is 46.9 Å². The Morgan fingerprint density at radius 1 is 1.09 bits per heavy atom. The van der Waals surface area contributed by atoms with E-state index >= 15 is 0 Å². The summed E-state index contributed by atoms with van der Waals surface area (Å²) < 4.78 is 0. The second-order valence-electron chi connectivity index (χ2n) is 5.60. The van der Waals surface area contributed by atoms with E-state index < -0.39 is 0 Å². The van der Waals surface area contributed by atoms with Gasteiger partial charge in [0.1, 0.15) is 11.8 Å². The summed E-state index contributed by atoms with van der Waals surface area (Å²) in [5.74, 6) is -0.0126. The Kier molecular flexibility index (Phi) is 4.65. The first-order chi connectivity index (χ1) is 11.3. The van der Waals surface area contributed by atoms with Crippen LogP contribution >= 0.6 is 0 Å². The zero-order chi connectivity index (χ0) is 16.1. The lowest BCUT2D eigenvalue weighted by molar-refractivity contribution is 0.0628. The van der Waals surface area contributed by atoms with E-state index in [2.05, 4.69) is 22.0 Å². The molecule has 1 amide bonds. The molecule has 2 aromatic rings. The highest BCUT2D eigenvalue weighted by Crippen LogP contribution is 2.11. The van der Waals surface area contributed by atoms with E-state index in [4.69, 9.17) is 5.26 Å². The van der Waals surface area contributed by atoms with E-state index in [1.54, 1.807) is 12.1 Å². The van der Waals surface area contributed by atoms with Crippen molar-refractivity contribution in [1.29, 1.82) is 5.26 Å². The molecule has 1 fully saturated rings. The number of pyridine rings is 1. The van der Waals surface area contributed by atoms with E-state index in [0.29, 0.717) is 24.3 Å². The number of carbonyl (C=O) groups excluding carboxylic acids is 1. The first-order valence-corrected chi connectivity index (χ1v) is 7.68. The van der Waals surface area contributed by atoms with Gasteiger partial charge in [-0.2, -0.15) is 5.26 Å². The van der Waals surface area contributed by atoms with Gasteiger partial charge >= 0.3 is 0 Å². The highest BCUT2D eigenvalue weighted by molar-refractivity contribution is 5.94. The average Bonchev–Trinajstić information content (AvgIpc) is 2.63. The third kappa shape index (κ3) is 3.74. The minimum atomic E-state index is -0.0126. The topological polar surface area (TPSA) is 60.2 Å². The number of nitriles is 1. The lowest BCUT2D eigenvalue weighted by Gasteiger charge is -2.34. The molecule has 1 aliphatic heterocycles. The van der Waals surface area contributed by atoms with Gasteiger partial charge in [0.05, 0.1) is 5.56 Å². The summed E-state index contributed by atoms with van der Waals surface area (Å²) in [6, 6.07) is 15.6. The van der Waals surface area contributed by atoms with Crippen molar-refractivity contribution in [3.8, 4) is 6.07 Å². The largest absolute Gasteiger partial charge is 0.336 e. The van der Waals surface area contributed by atoms with Gasteiger partial charge in [-0.1, -0.05) is 30.3 Å². The van der Waals surface area contributed by atoms with Gasteiger partial charge in [0.15, 0.2) is 0 Å². The third-order valence-electron chi connectivity index (χ3n) is 4.03. The quantitative estimate of drug-likeness (QED) is 0.869. The van der Waals surface area contributed by atoms with Crippen molar-refractivity contribution in [2.24, 2.45) is 0 Å². The summed E-state index contributed by atoms with van der Waals surface area (Å²) in [6.07, 6.45) is 1.48. The molecule has 1 aliphatic rings. The minimum absolute atomic E-state index is 0.0126. The standard InChI is InChI=1S/C18H18N4O/c19-12-17-7-6-16(13-20-17)18(23)22-10-8-21(9-11-22)14-15-4-2-1-3-5-15/h1-7,13H,8-11,14H2. The fourth-order valence-corrected chi connectivity index (χ4v) is 2.72. The molecule has 5 nitrogen and oxygen atoms in total. The van der Waals surface area contributed by atoms with Crippen molar-refractivity contribution in [1.82, 2.24) is 14.8 Å². The van der Waals surface area contributed by atoms with Crippen LogP contribution in [-0.2, 0) is 6.54 Å². The molecular formula is C18H18N4O. The zero-order valence-corrected chi connectivity index (χ0v) is 12.9. The van der Waals surface area contributed by atoms with Crippen molar-refractivity contribution in [3.63, 3.8) is 0 Å². The number of hydrogen-bond donors (Lipinski definition) is 0. The number of aromatic nitrogens is 1. The molecular weight excluding hydrogens is 288 g/mol. The summed E-state index contributed by atoms with van der Waals surface area (Å²) in [4.78, 5) is 20.6. The Hall–Kier alpha value is -2.71. The van der Waals surface area contributed by atoms with Crippen LogP contribution in [0.1, 0.15) is 21.6 Å². The molecule has 0 unspecified atom stereocenters. The molecule has 0 atom stereocenters. The summed E-state index contributed by atoms with van der Waals surface area (Å²) in [6.45, 7) is 4.08. The molecule has 0 saturated carbocycles. The van der Waals surface area contributed by atoms with Gasteiger partial charge in [-0.15, -0.1) is 0 Å². The number of piperazine rings is 1. The lowest BCUT2D eigenvalue weighted by Crippen LogP contribution is -2.48. The summed E-state index contributed by atoms with van der Waals surface area (Å²) in [5.41, 5.74) is 2.17. The maximum atomic E-state index is 12.4. The minimum Gasteiger partial charge on any atom is -0.336 e. The van der Waals surface area contributed by atoms with Gasteiger partial charge < -0.3 is 4.90 Å². The van der Waals surface area contributed by atoms with Crippen molar-refractivity contribution >= 4 is 5.91 Å². The zero-order valence-electron chi connectivity index (χ0n) is 12.9. The van der Waals surface area contributed by atoms with Crippen LogP contribution < -0.4 is 0 Å². The van der Waals surface area contributed by atoms with Gasteiger partial charge in [0, 0.05) is 38.9 Å². The summed E-state index contributed by atoms with van der Waals surface area (Å²) in [5, 5.41) is 8.75. The van der Waals surface area contributed by atoms with Crippen molar-refractivity contribution in [2.45, 2.75) is 6.54 Å². The van der Waals surface area contributed by atoms with Crippen LogP contribution in [0, 0.1) is 11.3 Å². The molecule has 1 saturated heterocycles. The molecule has 1 aromatic carbocycles. The van der Waals surface area contributed by atoms with Gasteiger partial charge in [-0.05, 0) is 17.7 Å². The van der Waals surface area contributed by atoms with Crippen molar-refractivity contribution in [3.05, 3.63) is 65.5 Å². The van der Waals surface area contributed by atoms with E-state index in [9.17, 15) is 4.79 Å². The molecule has 5 heteroatoms. The molecule has 23 heavy (non-hydrogen) atoms. The average molecular weight is 306 g/mol. The molecule has 0 N–H and O–H groups in total. The second-order valence-corrected chi connectivity index (χ2v) is 5.60. The van der Waals surface area contributed by atoms with Crippen LogP contribution in [0.15, 0.2) is 48.7 Å². The molecule has 0 aliphatic carbocycles. The second kappa shape index (κ2) is 7.03. The fourth-order valence-electron chi connectivity index (χ4n) is 2.72. The van der Waals surface area contributed by atoms with E-state index in [1.165, 1.54) is 11.8 Å². The molecule has 116 valence electrons. The first-order valence-electron chi connectivity index (χ1n) is 7.68. The number of nitrogens with zero attached hydrogens (tertiary/aromatic N) is 4. The van der Waals surface area contributed by atoms with Crippen LogP contribution in [0.5, 0.6) is 0 Å². The maximum Gasteiger partial charge on any atom is 0.255 e. The van der Waals surface area contributed by atoms with Gasteiger partial charge in [0.2, 0.25) is 0 Å². The Balaban J connectivity index is 1.56. The SMILES string of the molecule is N#Cc1ccc(C(=O)N2CCN(Cc3ccccc3)CC2)cn1. The Bertz CT molecular complexity index is 698. The Morgan fingerprint density at radius 3 is 2.43 bits per heavy atom. The molecule has 1 aromatic heterocycles. The van der Waals surface area contributed by atoms with Crippen LogP contribution in [0.3, 0.4) is 0 Å². The van der Waals surface area contributed by atoms with E-state index in [-0.39, 0.29) is 5.91 Å². The van der Waals surface area contributed by atoms with E-state index in [0.717, 1.165) is 19.6 Å². The highest BCUT2D eigenvalue weighted by Gasteiger charge is 2.22. The molecule has 0 spiro atoms.